The zero-order valence-electron chi connectivity index (χ0n) is 13.9. The summed E-state index contributed by atoms with van der Waals surface area (Å²) in [5.41, 5.74) is -3.12. The number of rotatable bonds is 5. The molecule has 1 heterocycles. The molecule has 0 radical (unpaired) electrons. The molecule has 5 nitrogen and oxygen atoms in total. The van der Waals surface area contributed by atoms with E-state index in [-0.39, 0.29) is 11.3 Å². The molecule has 0 aliphatic heterocycles. The van der Waals surface area contributed by atoms with Gasteiger partial charge in [0.2, 0.25) is 5.60 Å². The number of hydrogen-bond donors (Lipinski definition) is 2. The van der Waals surface area contributed by atoms with Gasteiger partial charge in [-0.1, -0.05) is 65.8 Å². The van der Waals surface area contributed by atoms with E-state index in [0.717, 1.165) is 12.1 Å². The van der Waals surface area contributed by atoms with Crippen LogP contribution in [-0.2, 0) is 5.60 Å². The minimum atomic E-state index is -4.99. The number of amides is 1. The summed E-state index contributed by atoms with van der Waals surface area (Å²) in [6, 6.07) is 16.7. The van der Waals surface area contributed by atoms with Gasteiger partial charge >= 0.3 is 6.18 Å². The third-order valence-corrected chi connectivity index (χ3v) is 4.03. The largest absolute Gasteiger partial charge is 0.423 e. The maximum Gasteiger partial charge on any atom is 0.423 e. The Morgan fingerprint density at radius 3 is 2.22 bits per heavy atom. The number of benzene rings is 2. The van der Waals surface area contributed by atoms with E-state index < -0.39 is 24.2 Å². The third kappa shape index (κ3) is 3.85. The zero-order valence-corrected chi connectivity index (χ0v) is 13.9. The van der Waals surface area contributed by atoms with Crippen LogP contribution in [0.25, 0.3) is 11.3 Å². The topological polar surface area (TPSA) is 75.4 Å². The third-order valence-electron chi connectivity index (χ3n) is 4.03. The van der Waals surface area contributed by atoms with E-state index in [0.29, 0.717) is 11.3 Å². The first-order valence-electron chi connectivity index (χ1n) is 7.96. The van der Waals surface area contributed by atoms with E-state index in [1.807, 2.05) is 0 Å². The zero-order chi connectivity index (χ0) is 19.5. The number of alkyl halides is 3. The summed E-state index contributed by atoms with van der Waals surface area (Å²) < 4.78 is 45.4. The summed E-state index contributed by atoms with van der Waals surface area (Å²) in [7, 11) is 0. The van der Waals surface area contributed by atoms with E-state index in [2.05, 4.69) is 10.5 Å². The van der Waals surface area contributed by atoms with E-state index in [1.54, 1.807) is 30.3 Å². The van der Waals surface area contributed by atoms with Gasteiger partial charge in [0.05, 0.1) is 6.54 Å². The van der Waals surface area contributed by atoms with Crippen molar-refractivity contribution in [3.63, 3.8) is 0 Å². The standard InChI is InChI=1S/C19H15F3N2O3/c20-19(21,22)18(26,14-9-5-2-6-10-14)12-23-17(25)15-11-16(27-24-15)13-7-3-1-4-8-13/h1-11,26H,12H2,(H,23,25)/t18-/m0/s1. The van der Waals surface area contributed by atoms with Crippen molar-refractivity contribution in [3.8, 4) is 11.3 Å². The Hall–Kier alpha value is -3.13. The molecule has 1 aromatic heterocycles. The molecule has 0 aliphatic rings. The molecule has 0 saturated heterocycles. The minimum absolute atomic E-state index is 0.188. The van der Waals surface area contributed by atoms with Crippen LogP contribution < -0.4 is 5.32 Å². The fourth-order valence-corrected chi connectivity index (χ4v) is 2.50. The molecular formula is C19H15F3N2O3. The number of hydrogen-bond acceptors (Lipinski definition) is 4. The highest BCUT2D eigenvalue weighted by atomic mass is 19.4. The lowest BCUT2D eigenvalue weighted by molar-refractivity contribution is -0.263. The molecule has 2 N–H and O–H groups in total. The highest BCUT2D eigenvalue weighted by molar-refractivity contribution is 5.93. The van der Waals surface area contributed by atoms with E-state index in [4.69, 9.17) is 4.52 Å². The van der Waals surface area contributed by atoms with Crippen molar-refractivity contribution < 1.29 is 27.6 Å². The van der Waals surface area contributed by atoms with Gasteiger partial charge in [0.1, 0.15) is 0 Å². The molecule has 3 rings (SSSR count). The predicted molar refractivity (Wildman–Crippen MR) is 90.7 cm³/mol. The average molecular weight is 376 g/mol. The normalized spacial score (nSPS) is 13.8. The van der Waals surface area contributed by atoms with E-state index >= 15 is 0 Å². The van der Waals surface area contributed by atoms with Gasteiger partial charge in [0.25, 0.3) is 5.91 Å². The summed E-state index contributed by atoms with van der Waals surface area (Å²) in [6.07, 6.45) is -4.99. The number of nitrogens with zero attached hydrogens (tertiary/aromatic N) is 1. The number of aliphatic hydroxyl groups is 1. The summed E-state index contributed by atoms with van der Waals surface area (Å²) in [5, 5.41) is 15.9. The molecule has 0 aliphatic carbocycles. The molecule has 0 saturated carbocycles. The molecule has 1 atom stereocenters. The van der Waals surface area contributed by atoms with Crippen LogP contribution in [0.15, 0.2) is 71.3 Å². The molecule has 0 bridgehead atoms. The first kappa shape index (κ1) is 18.7. The van der Waals surface area contributed by atoms with Gasteiger partial charge < -0.3 is 14.9 Å². The van der Waals surface area contributed by atoms with Crippen LogP contribution in [0.5, 0.6) is 0 Å². The Kier molecular flexibility index (Phi) is 5.00. The molecular weight excluding hydrogens is 361 g/mol. The summed E-state index contributed by atoms with van der Waals surface area (Å²) in [5.74, 6) is -0.588. The maximum absolute atomic E-state index is 13.4. The van der Waals surface area contributed by atoms with Gasteiger partial charge in [-0.2, -0.15) is 13.2 Å². The summed E-state index contributed by atoms with van der Waals surface area (Å²) >= 11 is 0. The van der Waals surface area contributed by atoms with Crippen LogP contribution >= 0.6 is 0 Å². The molecule has 8 heteroatoms. The maximum atomic E-state index is 13.4. The van der Waals surface area contributed by atoms with E-state index in [1.165, 1.54) is 24.3 Å². The fraction of sp³-hybridized carbons (Fsp3) is 0.158. The van der Waals surface area contributed by atoms with Gasteiger partial charge in [0, 0.05) is 11.6 Å². The molecule has 0 unspecified atom stereocenters. The second-order valence-corrected chi connectivity index (χ2v) is 5.85. The van der Waals surface area contributed by atoms with Crippen molar-refractivity contribution in [1.82, 2.24) is 10.5 Å². The second kappa shape index (κ2) is 7.24. The Balaban J connectivity index is 1.77. The van der Waals surface area contributed by atoms with Crippen LogP contribution in [0.2, 0.25) is 0 Å². The molecule has 3 aromatic rings. The predicted octanol–water partition coefficient (Wildman–Crippen LogP) is 3.52. The van der Waals surface area contributed by atoms with Crippen LogP contribution in [0.4, 0.5) is 13.2 Å². The lowest BCUT2D eigenvalue weighted by Crippen LogP contribution is -2.51. The first-order valence-corrected chi connectivity index (χ1v) is 7.96. The fourth-order valence-electron chi connectivity index (χ4n) is 2.50. The molecule has 0 spiro atoms. The Morgan fingerprint density at radius 2 is 1.63 bits per heavy atom. The van der Waals surface area contributed by atoms with Crippen molar-refractivity contribution in [2.24, 2.45) is 0 Å². The van der Waals surface area contributed by atoms with Gasteiger partial charge in [-0.05, 0) is 5.56 Å². The van der Waals surface area contributed by atoms with Gasteiger partial charge in [-0.25, -0.2) is 0 Å². The Bertz CT molecular complexity index is 911. The Morgan fingerprint density at radius 1 is 1.04 bits per heavy atom. The summed E-state index contributed by atoms with van der Waals surface area (Å²) in [4.78, 5) is 12.2. The SMILES string of the molecule is O=C(NC[C@](O)(c1ccccc1)C(F)(F)F)c1cc(-c2ccccc2)on1. The van der Waals surface area contributed by atoms with Crippen LogP contribution in [0.1, 0.15) is 16.1 Å². The van der Waals surface area contributed by atoms with Gasteiger partial charge in [-0.3, -0.25) is 4.79 Å². The minimum Gasteiger partial charge on any atom is -0.375 e. The van der Waals surface area contributed by atoms with Gasteiger partial charge in [0.15, 0.2) is 11.5 Å². The van der Waals surface area contributed by atoms with Crippen molar-refractivity contribution in [1.29, 1.82) is 0 Å². The molecule has 140 valence electrons. The van der Waals surface area contributed by atoms with Gasteiger partial charge in [-0.15, -0.1) is 0 Å². The van der Waals surface area contributed by atoms with Crippen molar-refractivity contribution in [3.05, 3.63) is 78.0 Å². The number of nitrogens with one attached hydrogen (secondary N) is 1. The Labute approximate surface area is 152 Å². The van der Waals surface area contributed by atoms with Crippen molar-refractivity contribution >= 4 is 5.91 Å². The summed E-state index contributed by atoms with van der Waals surface area (Å²) in [6.45, 7) is -1.06. The monoisotopic (exact) mass is 376 g/mol. The lowest BCUT2D eigenvalue weighted by Gasteiger charge is -2.31. The first-order chi connectivity index (χ1) is 12.8. The number of carbonyl (C=O) groups excluding carboxylic acids is 1. The molecule has 1 amide bonds. The van der Waals surface area contributed by atoms with Crippen molar-refractivity contribution in [2.45, 2.75) is 11.8 Å². The van der Waals surface area contributed by atoms with Crippen molar-refractivity contribution in [2.75, 3.05) is 6.54 Å². The highest BCUT2D eigenvalue weighted by Crippen LogP contribution is 2.38. The smallest absolute Gasteiger partial charge is 0.375 e. The average Bonchev–Trinajstić information content (AvgIpc) is 3.16. The highest BCUT2D eigenvalue weighted by Gasteiger charge is 2.55. The molecule has 0 fully saturated rings. The lowest BCUT2D eigenvalue weighted by atomic mass is 9.93. The molecule has 2 aromatic carbocycles. The molecule has 27 heavy (non-hydrogen) atoms. The number of halogens is 3. The van der Waals surface area contributed by atoms with E-state index in [9.17, 15) is 23.1 Å². The van der Waals surface area contributed by atoms with Crippen LogP contribution in [-0.4, -0.2) is 28.9 Å². The second-order valence-electron chi connectivity index (χ2n) is 5.85. The van der Waals surface area contributed by atoms with Crippen LogP contribution in [0, 0.1) is 0 Å². The van der Waals surface area contributed by atoms with Crippen LogP contribution in [0.3, 0.4) is 0 Å². The number of carbonyl (C=O) groups is 1. The quantitative estimate of drug-likeness (QED) is 0.715. The number of aromatic nitrogens is 1.